The van der Waals surface area contributed by atoms with Gasteiger partial charge in [-0.1, -0.05) is 78.5 Å². The Morgan fingerprint density at radius 3 is 2.35 bits per heavy atom. The quantitative estimate of drug-likeness (QED) is 0.139. The van der Waals surface area contributed by atoms with Gasteiger partial charge in [0.05, 0.1) is 11.1 Å². The van der Waals surface area contributed by atoms with Gasteiger partial charge in [-0.15, -0.1) is 10.2 Å². The summed E-state index contributed by atoms with van der Waals surface area (Å²) in [6.45, 7) is 4.08. The Morgan fingerprint density at radius 2 is 1.65 bits per heavy atom. The van der Waals surface area contributed by atoms with Gasteiger partial charge < -0.3 is 4.90 Å². The maximum absolute atomic E-state index is 11.9. The van der Waals surface area contributed by atoms with E-state index >= 15 is 0 Å². The van der Waals surface area contributed by atoms with Crippen LogP contribution in [0.5, 0.6) is 0 Å². The first kappa shape index (κ1) is 24.7. The Kier molecular flexibility index (Phi) is 7.87. The molecule has 0 N–H and O–H groups in total. The third kappa shape index (κ3) is 6.41. The molecule has 1 aromatic heterocycles. The Bertz CT molecular complexity index is 1350. The van der Waals surface area contributed by atoms with E-state index in [9.17, 15) is 10.1 Å². The zero-order valence-electron chi connectivity index (χ0n) is 20.3. The summed E-state index contributed by atoms with van der Waals surface area (Å²) in [5.74, 6) is 0.744. The maximum Gasteiger partial charge on any atom is 0.293 e. The Morgan fingerprint density at radius 1 is 0.946 bits per heavy atom. The first-order valence-electron chi connectivity index (χ1n) is 12.1. The summed E-state index contributed by atoms with van der Waals surface area (Å²) in [4.78, 5) is 16.1. The van der Waals surface area contributed by atoms with Gasteiger partial charge in [0.15, 0.2) is 0 Å². The predicted octanol–water partition coefficient (Wildman–Crippen LogP) is 4.68. The fourth-order valence-corrected chi connectivity index (χ4v) is 5.09. The van der Waals surface area contributed by atoms with Crippen molar-refractivity contribution in [2.75, 3.05) is 31.1 Å². The van der Waals surface area contributed by atoms with Crippen molar-refractivity contribution in [2.45, 2.75) is 17.5 Å². The summed E-state index contributed by atoms with van der Waals surface area (Å²) in [5, 5.41) is 25.1. The van der Waals surface area contributed by atoms with E-state index in [2.05, 4.69) is 49.4 Å². The molecule has 188 valence electrons. The van der Waals surface area contributed by atoms with Gasteiger partial charge in [0.2, 0.25) is 5.16 Å². The summed E-state index contributed by atoms with van der Waals surface area (Å²) >= 11 is 1.53. The normalized spacial score (nSPS) is 14.3. The monoisotopic (exact) mass is 513 g/mol. The molecule has 0 atom stereocenters. The topological polar surface area (TPSA) is 92.7 Å². The van der Waals surface area contributed by atoms with Gasteiger partial charge in [0.1, 0.15) is 12.0 Å². The molecule has 1 aliphatic rings. The summed E-state index contributed by atoms with van der Waals surface area (Å²) in [6.07, 6.45) is 3.13. The van der Waals surface area contributed by atoms with Crippen molar-refractivity contribution in [3.63, 3.8) is 0 Å². The minimum Gasteiger partial charge on any atom is -0.363 e. The van der Waals surface area contributed by atoms with Crippen LogP contribution in [0.25, 0.3) is 0 Å². The lowest BCUT2D eigenvalue weighted by Crippen LogP contribution is -2.46. The summed E-state index contributed by atoms with van der Waals surface area (Å²) < 4.78 is 1.58. The number of nitrogens with zero attached hydrogens (tertiary/aromatic N) is 7. The fraction of sp³-hybridized carbons (Fsp3) is 0.222. The van der Waals surface area contributed by atoms with Crippen molar-refractivity contribution in [1.82, 2.24) is 19.8 Å². The largest absolute Gasteiger partial charge is 0.363 e. The lowest BCUT2D eigenvalue weighted by atomic mass is 10.1. The zero-order chi connectivity index (χ0) is 25.5. The molecule has 1 fully saturated rings. The van der Waals surface area contributed by atoms with Crippen LogP contribution >= 0.6 is 11.8 Å². The van der Waals surface area contributed by atoms with Gasteiger partial charge in [0.25, 0.3) is 5.69 Å². The molecule has 5 rings (SSSR count). The lowest BCUT2D eigenvalue weighted by Gasteiger charge is -2.35. The number of hydrogen-bond acceptors (Lipinski definition) is 8. The smallest absolute Gasteiger partial charge is 0.293 e. The number of nitro groups is 1. The van der Waals surface area contributed by atoms with Gasteiger partial charge in [-0.05, 0) is 17.2 Å². The van der Waals surface area contributed by atoms with Crippen molar-refractivity contribution < 1.29 is 4.92 Å². The molecule has 0 aliphatic carbocycles. The van der Waals surface area contributed by atoms with Crippen LogP contribution in [0.1, 0.15) is 16.7 Å². The van der Waals surface area contributed by atoms with Crippen LogP contribution in [0.2, 0.25) is 0 Å². The van der Waals surface area contributed by atoms with Crippen LogP contribution in [-0.4, -0.2) is 57.1 Å². The molecule has 0 radical (unpaired) electrons. The predicted molar refractivity (Wildman–Crippen MR) is 146 cm³/mol. The molecule has 0 spiro atoms. The van der Waals surface area contributed by atoms with Crippen molar-refractivity contribution in [1.29, 1.82) is 0 Å². The second kappa shape index (κ2) is 11.8. The lowest BCUT2D eigenvalue weighted by molar-refractivity contribution is -0.384. The zero-order valence-corrected chi connectivity index (χ0v) is 21.1. The van der Waals surface area contributed by atoms with Crippen LogP contribution in [0.4, 0.5) is 11.4 Å². The highest BCUT2D eigenvalue weighted by atomic mass is 32.2. The molecule has 4 aromatic rings. The molecule has 0 bridgehead atoms. The molecule has 2 heterocycles. The van der Waals surface area contributed by atoms with E-state index < -0.39 is 0 Å². The van der Waals surface area contributed by atoms with Gasteiger partial charge in [-0.3, -0.25) is 15.0 Å². The minimum absolute atomic E-state index is 0.0860. The number of piperazine rings is 1. The molecule has 10 heteroatoms. The number of anilines is 1. The SMILES string of the molecule is O=[N+]([O-])c1cc(/C=N\n2cnnc2SCc2ccccc2)ccc1N1CCN(Cc2ccccc2)CC1. The average Bonchev–Trinajstić information content (AvgIpc) is 3.39. The van der Waals surface area contributed by atoms with Gasteiger partial charge >= 0.3 is 0 Å². The third-order valence-corrected chi connectivity index (χ3v) is 7.20. The molecule has 0 unspecified atom stereocenters. The van der Waals surface area contributed by atoms with E-state index in [0.29, 0.717) is 16.4 Å². The fourth-order valence-electron chi connectivity index (χ4n) is 4.27. The van der Waals surface area contributed by atoms with E-state index in [1.165, 1.54) is 29.2 Å². The number of nitro benzene ring substituents is 1. The molecule has 3 aromatic carbocycles. The maximum atomic E-state index is 11.9. The molecular formula is C27H27N7O2S. The summed E-state index contributed by atoms with van der Waals surface area (Å²) in [7, 11) is 0. The number of aromatic nitrogens is 3. The highest BCUT2D eigenvalue weighted by Gasteiger charge is 2.24. The minimum atomic E-state index is -0.317. The van der Waals surface area contributed by atoms with Crippen molar-refractivity contribution in [3.05, 3.63) is 112 Å². The summed E-state index contributed by atoms with van der Waals surface area (Å²) in [5.41, 5.74) is 3.83. The van der Waals surface area contributed by atoms with E-state index in [4.69, 9.17) is 0 Å². The number of thioether (sulfide) groups is 1. The highest BCUT2D eigenvalue weighted by molar-refractivity contribution is 7.98. The molecule has 0 amide bonds. The van der Waals surface area contributed by atoms with Crippen LogP contribution in [-0.2, 0) is 12.3 Å². The molecule has 1 aliphatic heterocycles. The average molecular weight is 514 g/mol. The molecular weight excluding hydrogens is 486 g/mol. The Labute approximate surface area is 219 Å². The number of benzene rings is 3. The Balaban J connectivity index is 1.24. The molecule has 0 saturated carbocycles. The Hall–Kier alpha value is -4.02. The van der Waals surface area contributed by atoms with E-state index in [0.717, 1.165) is 38.5 Å². The van der Waals surface area contributed by atoms with Gasteiger partial charge in [-0.2, -0.15) is 9.78 Å². The van der Waals surface area contributed by atoms with E-state index in [-0.39, 0.29) is 10.6 Å². The second-order valence-corrected chi connectivity index (χ2v) is 9.67. The van der Waals surface area contributed by atoms with Crippen molar-refractivity contribution >= 4 is 29.4 Å². The van der Waals surface area contributed by atoms with Crippen LogP contribution in [0, 0.1) is 10.1 Å². The van der Waals surface area contributed by atoms with Gasteiger partial charge in [-0.25, -0.2) is 0 Å². The van der Waals surface area contributed by atoms with Crippen LogP contribution in [0.3, 0.4) is 0 Å². The molecule has 37 heavy (non-hydrogen) atoms. The van der Waals surface area contributed by atoms with Gasteiger partial charge in [0, 0.05) is 50.1 Å². The first-order valence-corrected chi connectivity index (χ1v) is 13.0. The third-order valence-electron chi connectivity index (χ3n) is 6.20. The van der Waals surface area contributed by atoms with Crippen LogP contribution in [0.15, 0.2) is 95.4 Å². The summed E-state index contributed by atoms with van der Waals surface area (Å²) in [6, 6.07) is 25.7. The van der Waals surface area contributed by atoms with E-state index in [1.807, 2.05) is 48.5 Å². The van der Waals surface area contributed by atoms with Crippen molar-refractivity contribution in [3.8, 4) is 0 Å². The van der Waals surface area contributed by atoms with Crippen LogP contribution < -0.4 is 4.90 Å². The second-order valence-electron chi connectivity index (χ2n) is 8.73. The first-order chi connectivity index (χ1) is 18.2. The van der Waals surface area contributed by atoms with Crippen molar-refractivity contribution in [2.24, 2.45) is 5.10 Å². The highest BCUT2D eigenvalue weighted by Crippen LogP contribution is 2.30. The van der Waals surface area contributed by atoms with E-state index in [1.54, 1.807) is 17.0 Å². The standard InChI is InChI=1S/C27H27N7O2S/c35-34(36)26-17-24(18-29-33-21-28-30-27(33)37-20-23-9-5-2-6-10-23)11-12-25(26)32-15-13-31(14-16-32)19-22-7-3-1-4-8-22/h1-12,17-18,21H,13-16,19-20H2/b29-18-. The number of hydrogen-bond donors (Lipinski definition) is 0. The molecule has 1 saturated heterocycles. The molecule has 9 nitrogen and oxygen atoms in total. The number of rotatable bonds is 9.